The molecule has 0 aliphatic carbocycles. The third-order valence-electron chi connectivity index (χ3n) is 5.63. The molecule has 3 heterocycles. The quantitative estimate of drug-likeness (QED) is 0.635. The molecule has 4 heteroatoms. The van der Waals surface area contributed by atoms with Gasteiger partial charge in [-0.3, -0.25) is 4.79 Å². The number of carbonyl (C=O) groups is 1. The zero-order valence-electron chi connectivity index (χ0n) is 15.5. The van der Waals surface area contributed by atoms with Gasteiger partial charge in [0.15, 0.2) is 5.76 Å². The van der Waals surface area contributed by atoms with Crippen LogP contribution in [-0.4, -0.2) is 29.5 Å². The molecule has 1 fully saturated rings. The summed E-state index contributed by atoms with van der Waals surface area (Å²) in [5.74, 6) is 1.26. The van der Waals surface area contributed by atoms with Gasteiger partial charge in [0.05, 0.1) is 6.26 Å². The largest absolute Gasteiger partial charge is 0.482 e. The molecular weight excluding hydrogens is 350 g/mol. The van der Waals surface area contributed by atoms with Gasteiger partial charge < -0.3 is 14.1 Å². The molecule has 140 valence electrons. The monoisotopic (exact) mass is 371 g/mol. The summed E-state index contributed by atoms with van der Waals surface area (Å²) in [5, 5.41) is 0. The Morgan fingerprint density at radius 2 is 1.75 bits per heavy atom. The van der Waals surface area contributed by atoms with Crippen molar-refractivity contribution in [3.8, 4) is 16.9 Å². The van der Waals surface area contributed by atoms with E-state index >= 15 is 0 Å². The highest BCUT2D eigenvalue weighted by Gasteiger charge is 2.38. The Hall–Kier alpha value is -3.27. The lowest BCUT2D eigenvalue weighted by Crippen LogP contribution is -2.49. The molecule has 0 bridgehead atoms. The lowest BCUT2D eigenvalue weighted by molar-refractivity contribution is 0.0312. The van der Waals surface area contributed by atoms with Gasteiger partial charge in [0.1, 0.15) is 11.4 Å². The summed E-state index contributed by atoms with van der Waals surface area (Å²) in [5.41, 5.74) is 3.15. The Bertz CT molecular complexity index is 1010. The van der Waals surface area contributed by atoms with Crippen LogP contribution < -0.4 is 4.74 Å². The minimum absolute atomic E-state index is 0.0486. The summed E-state index contributed by atoms with van der Waals surface area (Å²) < 4.78 is 11.7. The third kappa shape index (κ3) is 3.01. The molecule has 1 spiro atoms. The van der Waals surface area contributed by atoms with Crippen molar-refractivity contribution in [1.82, 2.24) is 4.90 Å². The Balaban J connectivity index is 1.32. The standard InChI is InChI=1S/C24H21NO3/c26-23(22-7-4-16-27-22)25-14-12-24(13-15-25)11-10-20-17-19(8-9-21(20)28-24)18-5-2-1-3-6-18/h1-11,16-17H,12-15H2. The second kappa shape index (κ2) is 6.71. The van der Waals surface area contributed by atoms with Gasteiger partial charge in [-0.2, -0.15) is 0 Å². The zero-order chi connectivity index (χ0) is 19.0. The molecule has 2 aliphatic rings. The lowest BCUT2D eigenvalue weighted by atomic mass is 9.87. The van der Waals surface area contributed by atoms with Gasteiger partial charge in [0, 0.05) is 31.5 Å². The second-order valence-electron chi connectivity index (χ2n) is 7.39. The van der Waals surface area contributed by atoms with E-state index in [1.54, 1.807) is 12.1 Å². The fourth-order valence-corrected chi connectivity index (χ4v) is 3.99. The summed E-state index contributed by atoms with van der Waals surface area (Å²) in [6.07, 6.45) is 7.41. The average Bonchev–Trinajstić information content (AvgIpc) is 3.29. The van der Waals surface area contributed by atoms with E-state index in [0.29, 0.717) is 18.8 Å². The van der Waals surface area contributed by atoms with Crippen molar-refractivity contribution >= 4 is 12.0 Å². The molecule has 2 aliphatic heterocycles. The third-order valence-corrected chi connectivity index (χ3v) is 5.63. The van der Waals surface area contributed by atoms with Crippen molar-refractivity contribution in [1.29, 1.82) is 0 Å². The smallest absolute Gasteiger partial charge is 0.289 e. The summed E-state index contributed by atoms with van der Waals surface area (Å²) >= 11 is 0. The van der Waals surface area contributed by atoms with Gasteiger partial charge in [-0.1, -0.05) is 42.5 Å². The summed E-state index contributed by atoms with van der Waals surface area (Å²) in [7, 11) is 0. The molecule has 0 saturated carbocycles. The number of hydrogen-bond acceptors (Lipinski definition) is 3. The van der Waals surface area contributed by atoms with E-state index in [-0.39, 0.29) is 11.5 Å². The molecule has 0 radical (unpaired) electrons. The van der Waals surface area contributed by atoms with Crippen LogP contribution in [0.3, 0.4) is 0 Å². The number of ether oxygens (including phenoxy) is 1. The van der Waals surface area contributed by atoms with E-state index in [0.717, 1.165) is 24.2 Å². The number of benzene rings is 2. The van der Waals surface area contributed by atoms with E-state index in [4.69, 9.17) is 9.15 Å². The highest BCUT2D eigenvalue weighted by atomic mass is 16.5. The molecule has 4 nitrogen and oxygen atoms in total. The Morgan fingerprint density at radius 3 is 2.50 bits per heavy atom. The van der Waals surface area contributed by atoms with Crippen LogP contribution in [0.5, 0.6) is 5.75 Å². The van der Waals surface area contributed by atoms with Crippen molar-refractivity contribution < 1.29 is 13.9 Å². The first-order chi connectivity index (χ1) is 13.7. The van der Waals surface area contributed by atoms with E-state index in [1.807, 2.05) is 23.1 Å². The Labute approximate surface area is 164 Å². The normalized spacial score (nSPS) is 17.2. The Morgan fingerprint density at radius 1 is 0.929 bits per heavy atom. The first-order valence-electron chi connectivity index (χ1n) is 9.63. The van der Waals surface area contributed by atoms with Gasteiger partial charge >= 0.3 is 0 Å². The Kier molecular flexibility index (Phi) is 4.05. The fourth-order valence-electron chi connectivity index (χ4n) is 3.99. The van der Waals surface area contributed by atoms with E-state index in [2.05, 4.69) is 42.5 Å². The highest BCUT2D eigenvalue weighted by Crippen LogP contribution is 2.39. The van der Waals surface area contributed by atoms with Crippen LogP contribution in [-0.2, 0) is 0 Å². The van der Waals surface area contributed by atoms with Crippen LogP contribution in [0.1, 0.15) is 29.0 Å². The number of nitrogens with zero attached hydrogens (tertiary/aromatic N) is 1. The SMILES string of the molecule is O=C(c1ccco1)N1CCC2(C=Cc3cc(-c4ccccc4)ccc3O2)CC1. The van der Waals surface area contributed by atoms with E-state index in [9.17, 15) is 4.79 Å². The van der Waals surface area contributed by atoms with Crippen LogP contribution in [0.2, 0.25) is 0 Å². The van der Waals surface area contributed by atoms with Gasteiger partial charge in [-0.15, -0.1) is 0 Å². The lowest BCUT2D eigenvalue weighted by Gasteiger charge is -2.41. The molecule has 2 aromatic carbocycles. The molecule has 0 unspecified atom stereocenters. The van der Waals surface area contributed by atoms with E-state index in [1.165, 1.54) is 17.4 Å². The molecule has 1 amide bonds. The zero-order valence-corrected chi connectivity index (χ0v) is 15.5. The van der Waals surface area contributed by atoms with Crippen LogP contribution >= 0.6 is 0 Å². The molecule has 1 aromatic heterocycles. The first-order valence-corrected chi connectivity index (χ1v) is 9.63. The van der Waals surface area contributed by atoms with Gasteiger partial charge in [0.2, 0.25) is 0 Å². The molecule has 0 N–H and O–H groups in total. The number of hydrogen-bond donors (Lipinski definition) is 0. The average molecular weight is 371 g/mol. The molecule has 1 saturated heterocycles. The van der Waals surface area contributed by atoms with Gasteiger partial charge in [-0.05, 0) is 41.5 Å². The number of fused-ring (bicyclic) bond motifs is 1. The minimum atomic E-state index is -0.332. The maximum atomic E-state index is 12.5. The number of amides is 1. The van der Waals surface area contributed by atoms with Crippen molar-refractivity contribution in [2.24, 2.45) is 0 Å². The molecule has 28 heavy (non-hydrogen) atoms. The predicted molar refractivity (Wildman–Crippen MR) is 108 cm³/mol. The summed E-state index contributed by atoms with van der Waals surface area (Å²) in [4.78, 5) is 14.3. The molecule has 3 aromatic rings. The van der Waals surface area contributed by atoms with Crippen LogP contribution in [0.15, 0.2) is 77.4 Å². The first kappa shape index (κ1) is 16.9. The van der Waals surface area contributed by atoms with Crippen molar-refractivity contribution in [3.05, 3.63) is 84.3 Å². The van der Waals surface area contributed by atoms with Crippen molar-refractivity contribution in [2.45, 2.75) is 18.4 Å². The number of carbonyl (C=O) groups excluding carboxylic acids is 1. The van der Waals surface area contributed by atoms with Gasteiger partial charge in [-0.25, -0.2) is 0 Å². The number of furan rings is 1. The number of likely N-dealkylation sites (tertiary alicyclic amines) is 1. The minimum Gasteiger partial charge on any atom is -0.482 e. The van der Waals surface area contributed by atoms with Crippen LogP contribution in [0.25, 0.3) is 17.2 Å². The topological polar surface area (TPSA) is 42.7 Å². The maximum Gasteiger partial charge on any atom is 0.289 e. The highest BCUT2D eigenvalue weighted by molar-refractivity contribution is 5.91. The number of rotatable bonds is 2. The predicted octanol–water partition coefficient (Wildman–Crippen LogP) is 5.03. The van der Waals surface area contributed by atoms with E-state index < -0.39 is 0 Å². The van der Waals surface area contributed by atoms with Crippen LogP contribution in [0.4, 0.5) is 0 Å². The molecule has 0 atom stereocenters. The summed E-state index contributed by atoms with van der Waals surface area (Å²) in [6, 6.07) is 20.1. The number of piperidine rings is 1. The van der Waals surface area contributed by atoms with Crippen molar-refractivity contribution in [2.75, 3.05) is 13.1 Å². The van der Waals surface area contributed by atoms with Gasteiger partial charge in [0.25, 0.3) is 5.91 Å². The fraction of sp³-hybridized carbons (Fsp3) is 0.208. The maximum absolute atomic E-state index is 12.5. The molecular formula is C24H21NO3. The molecule has 5 rings (SSSR count). The summed E-state index contributed by atoms with van der Waals surface area (Å²) in [6.45, 7) is 1.31. The van der Waals surface area contributed by atoms with Crippen LogP contribution in [0, 0.1) is 0 Å². The second-order valence-corrected chi connectivity index (χ2v) is 7.39. The van der Waals surface area contributed by atoms with Crippen molar-refractivity contribution in [3.63, 3.8) is 0 Å².